The summed E-state index contributed by atoms with van der Waals surface area (Å²) in [5, 5.41) is 2.53. The van der Waals surface area contributed by atoms with Crippen molar-refractivity contribution in [1.29, 1.82) is 0 Å². The second-order valence-electron chi connectivity index (χ2n) is 8.06. The first-order valence-corrected chi connectivity index (χ1v) is 10.3. The minimum atomic E-state index is -0.968. The van der Waals surface area contributed by atoms with Gasteiger partial charge < -0.3 is 24.3 Å². The van der Waals surface area contributed by atoms with Crippen LogP contribution in [-0.2, 0) is 19.1 Å². The molecular weight excluding hydrogens is 404 g/mol. The van der Waals surface area contributed by atoms with Crippen molar-refractivity contribution < 1.29 is 33.3 Å². The first-order valence-electron chi connectivity index (χ1n) is 10.3. The third kappa shape index (κ3) is 8.16. The third-order valence-electron chi connectivity index (χ3n) is 4.31. The summed E-state index contributed by atoms with van der Waals surface area (Å²) in [5.74, 6) is -1.53. The van der Waals surface area contributed by atoms with E-state index in [9.17, 15) is 14.4 Å². The summed E-state index contributed by atoms with van der Waals surface area (Å²) in [6.07, 6.45) is 0.564. The van der Waals surface area contributed by atoms with Crippen molar-refractivity contribution in [2.45, 2.75) is 66.7 Å². The van der Waals surface area contributed by atoms with E-state index in [4.69, 9.17) is 18.9 Å². The zero-order chi connectivity index (χ0) is 23.7. The first-order chi connectivity index (χ1) is 14.5. The zero-order valence-electron chi connectivity index (χ0n) is 19.6. The maximum atomic E-state index is 12.7. The number of rotatable bonds is 11. The topological polar surface area (TPSA) is 113 Å². The van der Waals surface area contributed by atoms with Gasteiger partial charge in [0.15, 0.2) is 11.4 Å². The molecular formula is C22H34N2O7. The molecule has 1 rings (SSSR count). The van der Waals surface area contributed by atoms with Gasteiger partial charge in [0.2, 0.25) is 5.75 Å². The average molecular weight is 439 g/mol. The van der Waals surface area contributed by atoms with Gasteiger partial charge in [0.25, 0.3) is 5.91 Å². The normalized spacial score (nSPS) is 14.0. The van der Waals surface area contributed by atoms with Crippen molar-refractivity contribution in [3.63, 3.8) is 0 Å². The van der Waals surface area contributed by atoms with Crippen molar-refractivity contribution in [3.8, 4) is 11.5 Å². The summed E-state index contributed by atoms with van der Waals surface area (Å²) in [6, 6.07) is 0.489. The average Bonchev–Trinajstić information content (AvgIpc) is 2.69. The van der Waals surface area contributed by atoms with Crippen LogP contribution in [-0.4, -0.2) is 54.8 Å². The second kappa shape index (κ2) is 12.2. The molecule has 0 saturated heterocycles. The number of hydrogen-bond acceptors (Lipinski definition) is 8. The third-order valence-corrected chi connectivity index (χ3v) is 4.31. The number of esters is 2. The minimum Gasteiger partial charge on any atom is -0.493 e. The summed E-state index contributed by atoms with van der Waals surface area (Å²) in [4.78, 5) is 40.7. The minimum absolute atomic E-state index is 0.0182. The number of pyridine rings is 1. The van der Waals surface area contributed by atoms with Gasteiger partial charge in [0, 0.05) is 25.8 Å². The molecule has 0 saturated carbocycles. The standard InChI is InChI=1S/C22H34N2O7/c1-12(2)11-29-15(6)19(13(3)4)31-22(27)14(5)24-21(26)18-20(30-16(7)25)17(28-8)9-10-23-18/h9-10,12-15,19H,11H2,1-8H3,(H,24,26)/t14-,15-,19+/m0/s1. The van der Waals surface area contributed by atoms with Crippen LogP contribution >= 0.6 is 0 Å². The molecule has 0 fully saturated rings. The van der Waals surface area contributed by atoms with Crippen LogP contribution in [0.15, 0.2) is 12.3 Å². The molecule has 1 N–H and O–H groups in total. The molecule has 0 aliphatic rings. The molecule has 1 heterocycles. The van der Waals surface area contributed by atoms with E-state index in [-0.39, 0.29) is 29.2 Å². The van der Waals surface area contributed by atoms with Gasteiger partial charge >= 0.3 is 11.9 Å². The predicted octanol–water partition coefficient (Wildman–Crippen LogP) is 2.76. The number of carbonyl (C=O) groups excluding carboxylic acids is 3. The molecule has 0 aliphatic carbocycles. The van der Waals surface area contributed by atoms with E-state index in [1.165, 1.54) is 33.2 Å². The van der Waals surface area contributed by atoms with Crippen LogP contribution in [0.5, 0.6) is 11.5 Å². The highest BCUT2D eigenvalue weighted by Gasteiger charge is 2.30. The Balaban J connectivity index is 2.90. The number of carbonyl (C=O) groups is 3. The number of ether oxygens (including phenoxy) is 4. The predicted molar refractivity (Wildman–Crippen MR) is 114 cm³/mol. The molecule has 0 aliphatic heterocycles. The molecule has 0 unspecified atom stereocenters. The van der Waals surface area contributed by atoms with Crippen LogP contribution in [0.25, 0.3) is 0 Å². The fourth-order valence-corrected chi connectivity index (χ4v) is 2.77. The number of nitrogens with one attached hydrogen (secondary N) is 1. The summed E-state index contributed by atoms with van der Waals surface area (Å²) in [7, 11) is 1.37. The Morgan fingerprint density at radius 3 is 2.26 bits per heavy atom. The van der Waals surface area contributed by atoms with Crippen LogP contribution in [0.2, 0.25) is 0 Å². The maximum absolute atomic E-state index is 12.7. The van der Waals surface area contributed by atoms with Crippen LogP contribution in [0.3, 0.4) is 0 Å². The van der Waals surface area contributed by atoms with Crippen LogP contribution in [0.4, 0.5) is 0 Å². The molecule has 0 aromatic carbocycles. The summed E-state index contributed by atoms with van der Waals surface area (Å²) in [5.41, 5.74) is -0.178. The monoisotopic (exact) mass is 438 g/mol. The molecule has 9 nitrogen and oxygen atoms in total. The molecule has 9 heteroatoms. The molecule has 0 radical (unpaired) electrons. The van der Waals surface area contributed by atoms with Crippen molar-refractivity contribution in [3.05, 3.63) is 18.0 Å². The molecule has 0 bridgehead atoms. The fraction of sp³-hybridized carbons (Fsp3) is 0.636. The Hall–Kier alpha value is -2.68. The fourth-order valence-electron chi connectivity index (χ4n) is 2.77. The number of hydrogen-bond donors (Lipinski definition) is 1. The highest BCUT2D eigenvalue weighted by atomic mass is 16.6. The summed E-state index contributed by atoms with van der Waals surface area (Å²) >= 11 is 0. The van der Waals surface area contributed by atoms with Gasteiger partial charge in [0.1, 0.15) is 12.1 Å². The first kappa shape index (κ1) is 26.4. The molecule has 1 amide bonds. The van der Waals surface area contributed by atoms with Crippen molar-refractivity contribution in [2.75, 3.05) is 13.7 Å². The number of methoxy groups -OCH3 is 1. The summed E-state index contributed by atoms with van der Waals surface area (Å²) in [6.45, 7) is 13.0. The van der Waals surface area contributed by atoms with E-state index in [1.807, 2.05) is 34.6 Å². The van der Waals surface area contributed by atoms with Gasteiger partial charge in [-0.25, -0.2) is 9.78 Å². The van der Waals surface area contributed by atoms with Gasteiger partial charge in [-0.05, 0) is 25.7 Å². The van der Waals surface area contributed by atoms with E-state index in [2.05, 4.69) is 10.3 Å². The number of aromatic nitrogens is 1. The lowest BCUT2D eigenvalue weighted by Gasteiger charge is -2.29. The van der Waals surface area contributed by atoms with Crippen LogP contribution in [0.1, 0.15) is 59.0 Å². The van der Waals surface area contributed by atoms with Crippen molar-refractivity contribution in [1.82, 2.24) is 10.3 Å². The van der Waals surface area contributed by atoms with Crippen molar-refractivity contribution in [2.24, 2.45) is 11.8 Å². The maximum Gasteiger partial charge on any atom is 0.328 e. The lowest BCUT2D eigenvalue weighted by atomic mass is 10.0. The lowest BCUT2D eigenvalue weighted by Crippen LogP contribution is -2.44. The van der Waals surface area contributed by atoms with Gasteiger partial charge in [0.05, 0.1) is 13.2 Å². The summed E-state index contributed by atoms with van der Waals surface area (Å²) < 4.78 is 21.7. The second-order valence-corrected chi connectivity index (χ2v) is 8.06. The Labute approximate surface area is 183 Å². The number of nitrogens with zero attached hydrogens (tertiary/aromatic N) is 1. The molecule has 31 heavy (non-hydrogen) atoms. The van der Waals surface area contributed by atoms with Gasteiger partial charge in [-0.15, -0.1) is 0 Å². The van der Waals surface area contributed by atoms with Gasteiger partial charge in [-0.3, -0.25) is 9.59 Å². The highest BCUT2D eigenvalue weighted by Crippen LogP contribution is 2.29. The van der Waals surface area contributed by atoms with E-state index < -0.39 is 30.0 Å². The molecule has 1 aromatic rings. The van der Waals surface area contributed by atoms with E-state index in [0.29, 0.717) is 12.5 Å². The van der Waals surface area contributed by atoms with Gasteiger partial charge in [-0.1, -0.05) is 27.7 Å². The van der Waals surface area contributed by atoms with E-state index in [0.717, 1.165) is 0 Å². The Kier molecular flexibility index (Phi) is 10.4. The van der Waals surface area contributed by atoms with E-state index >= 15 is 0 Å². The van der Waals surface area contributed by atoms with Crippen molar-refractivity contribution >= 4 is 17.8 Å². The SMILES string of the molecule is COc1ccnc(C(=O)N[C@@H](C)C(=O)O[C@H](C(C)C)[C@H](C)OCC(C)C)c1OC(C)=O. The quantitative estimate of drug-likeness (QED) is 0.525. The molecule has 3 atom stereocenters. The largest absolute Gasteiger partial charge is 0.493 e. The molecule has 174 valence electrons. The Morgan fingerprint density at radius 1 is 1.10 bits per heavy atom. The lowest BCUT2D eigenvalue weighted by molar-refractivity contribution is -0.163. The highest BCUT2D eigenvalue weighted by molar-refractivity contribution is 5.98. The molecule has 0 spiro atoms. The smallest absolute Gasteiger partial charge is 0.328 e. The Bertz CT molecular complexity index is 764. The number of amides is 1. The molecule has 1 aromatic heterocycles. The van der Waals surface area contributed by atoms with Crippen LogP contribution < -0.4 is 14.8 Å². The van der Waals surface area contributed by atoms with Crippen LogP contribution in [0, 0.1) is 11.8 Å². The van der Waals surface area contributed by atoms with Gasteiger partial charge in [-0.2, -0.15) is 0 Å². The Morgan fingerprint density at radius 2 is 1.74 bits per heavy atom. The van der Waals surface area contributed by atoms with E-state index in [1.54, 1.807) is 0 Å². The zero-order valence-corrected chi connectivity index (χ0v) is 19.6.